The zero-order valence-corrected chi connectivity index (χ0v) is 19.0. The maximum Gasteiger partial charge on any atom is 0.254 e. The second-order valence-electron chi connectivity index (χ2n) is 8.32. The number of hydrogen-bond acceptors (Lipinski definition) is 8. The van der Waals surface area contributed by atoms with Crippen LogP contribution in [0.3, 0.4) is 0 Å². The third-order valence-corrected chi connectivity index (χ3v) is 7.51. The molecule has 7 nitrogen and oxygen atoms in total. The van der Waals surface area contributed by atoms with E-state index in [1.807, 2.05) is 36.3 Å². The molecule has 4 heterocycles. The minimum Gasteiger partial charge on any atom is -0.487 e. The molecule has 1 amide bonds. The molecule has 0 saturated carbocycles. The molecule has 1 fully saturated rings. The number of nitrogens with zero attached hydrogens (tertiary/aromatic N) is 4. The first-order valence-electron chi connectivity index (χ1n) is 10.2. The number of thiophene rings is 1. The maximum absolute atomic E-state index is 13.1. The van der Waals surface area contributed by atoms with Crippen LogP contribution in [0.25, 0.3) is 9.88 Å². The number of carbonyl (C=O) groups is 2. The number of benzene rings is 1. The monoisotopic (exact) mass is 454 g/mol. The fraction of sp³-hybridized carbons (Fsp3) is 0.364. The summed E-state index contributed by atoms with van der Waals surface area (Å²) < 4.78 is 5.90. The second-order valence-corrected chi connectivity index (χ2v) is 10.2. The smallest absolute Gasteiger partial charge is 0.254 e. The zero-order chi connectivity index (χ0) is 21.6. The SMILES string of the molecule is CC1(C)CC(=O)c2cc(C(=O)N3CCN(c4nnc(-c5cccs5)s4)CC3)ccc2O1. The number of piperazine rings is 1. The number of ketones is 1. The molecule has 3 aromatic rings. The van der Waals surface area contributed by atoms with Crippen LogP contribution in [0.1, 0.15) is 41.0 Å². The Balaban J connectivity index is 1.26. The highest BCUT2D eigenvalue weighted by Crippen LogP contribution is 2.34. The van der Waals surface area contributed by atoms with E-state index in [4.69, 9.17) is 4.74 Å². The molecule has 0 radical (unpaired) electrons. The van der Waals surface area contributed by atoms with Gasteiger partial charge in [0.15, 0.2) is 10.8 Å². The first kappa shape index (κ1) is 20.1. The Morgan fingerprint density at radius 2 is 1.94 bits per heavy atom. The van der Waals surface area contributed by atoms with Gasteiger partial charge in [0, 0.05) is 31.7 Å². The van der Waals surface area contributed by atoms with Crippen molar-refractivity contribution < 1.29 is 14.3 Å². The number of anilines is 1. The fourth-order valence-corrected chi connectivity index (χ4v) is 5.60. The van der Waals surface area contributed by atoms with Gasteiger partial charge in [-0.15, -0.1) is 21.5 Å². The van der Waals surface area contributed by atoms with E-state index < -0.39 is 5.60 Å². The standard InChI is InChI=1S/C22H22N4O3S2/c1-22(2)13-16(27)15-12-14(5-6-17(15)29-22)20(28)25-7-9-26(10-8-25)21-24-23-19(31-21)18-4-3-11-30-18/h3-6,11-12H,7-10,13H2,1-2H3. The third kappa shape index (κ3) is 3.95. The van der Waals surface area contributed by atoms with E-state index in [0.29, 0.717) is 49.5 Å². The molecule has 1 saturated heterocycles. The molecule has 0 aliphatic carbocycles. The van der Waals surface area contributed by atoms with Gasteiger partial charge in [0.1, 0.15) is 11.4 Å². The fourth-order valence-electron chi connectivity index (χ4n) is 3.91. The number of rotatable bonds is 3. The van der Waals surface area contributed by atoms with Crippen LogP contribution in [-0.4, -0.2) is 58.6 Å². The van der Waals surface area contributed by atoms with E-state index in [1.165, 1.54) is 0 Å². The van der Waals surface area contributed by atoms with Crippen LogP contribution in [-0.2, 0) is 0 Å². The van der Waals surface area contributed by atoms with Crippen molar-refractivity contribution in [3.63, 3.8) is 0 Å². The Labute approximate surface area is 188 Å². The molecule has 2 aliphatic heterocycles. The molecule has 160 valence electrons. The summed E-state index contributed by atoms with van der Waals surface area (Å²) in [6.45, 7) is 6.39. The number of aromatic nitrogens is 2. The molecule has 2 aliphatic rings. The van der Waals surface area contributed by atoms with Crippen molar-refractivity contribution in [2.45, 2.75) is 25.9 Å². The van der Waals surface area contributed by atoms with Gasteiger partial charge >= 0.3 is 0 Å². The predicted molar refractivity (Wildman–Crippen MR) is 121 cm³/mol. The molecule has 1 aromatic carbocycles. The summed E-state index contributed by atoms with van der Waals surface area (Å²) in [6.07, 6.45) is 0.311. The normalized spacial score (nSPS) is 17.9. The van der Waals surface area contributed by atoms with Gasteiger partial charge in [-0.3, -0.25) is 9.59 Å². The van der Waals surface area contributed by atoms with Crippen LogP contribution < -0.4 is 9.64 Å². The van der Waals surface area contributed by atoms with Gasteiger partial charge in [-0.25, -0.2) is 0 Å². The van der Waals surface area contributed by atoms with Crippen molar-refractivity contribution in [3.05, 3.63) is 46.8 Å². The lowest BCUT2D eigenvalue weighted by Gasteiger charge is -2.35. The van der Waals surface area contributed by atoms with Crippen molar-refractivity contribution in [1.82, 2.24) is 15.1 Å². The maximum atomic E-state index is 13.1. The van der Waals surface area contributed by atoms with Gasteiger partial charge in [-0.05, 0) is 43.5 Å². The molecule has 31 heavy (non-hydrogen) atoms. The topological polar surface area (TPSA) is 75.6 Å². The van der Waals surface area contributed by atoms with Gasteiger partial charge in [0.05, 0.1) is 16.9 Å². The highest BCUT2D eigenvalue weighted by Gasteiger charge is 2.33. The van der Waals surface area contributed by atoms with Crippen LogP contribution in [0.2, 0.25) is 0 Å². The average molecular weight is 455 g/mol. The number of hydrogen-bond donors (Lipinski definition) is 0. The summed E-state index contributed by atoms with van der Waals surface area (Å²) in [5.74, 6) is 0.514. The molecule has 2 aromatic heterocycles. The van der Waals surface area contributed by atoms with E-state index in [1.54, 1.807) is 40.9 Å². The van der Waals surface area contributed by atoms with Crippen molar-refractivity contribution in [3.8, 4) is 15.6 Å². The Morgan fingerprint density at radius 3 is 2.68 bits per heavy atom. The molecular formula is C22H22N4O3S2. The average Bonchev–Trinajstić information content (AvgIpc) is 3.44. The van der Waals surface area contributed by atoms with Crippen LogP contribution in [0.15, 0.2) is 35.7 Å². The Kier molecular flexibility index (Phi) is 5.02. The minimum absolute atomic E-state index is 0.0172. The number of amides is 1. The number of carbonyl (C=O) groups excluding carboxylic acids is 2. The van der Waals surface area contributed by atoms with Gasteiger partial charge in [-0.2, -0.15) is 0 Å². The lowest BCUT2D eigenvalue weighted by atomic mass is 9.92. The van der Waals surface area contributed by atoms with Gasteiger partial charge in [-0.1, -0.05) is 17.4 Å². The summed E-state index contributed by atoms with van der Waals surface area (Å²) in [5.41, 5.74) is 0.513. The molecule has 0 atom stereocenters. The van der Waals surface area contributed by atoms with E-state index >= 15 is 0 Å². The highest BCUT2D eigenvalue weighted by molar-refractivity contribution is 7.22. The van der Waals surface area contributed by atoms with E-state index in [9.17, 15) is 9.59 Å². The van der Waals surface area contributed by atoms with E-state index in [-0.39, 0.29) is 11.7 Å². The Hall–Kier alpha value is -2.78. The van der Waals surface area contributed by atoms with Crippen LogP contribution in [0, 0.1) is 0 Å². The van der Waals surface area contributed by atoms with Gasteiger partial charge < -0.3 is 14.5 Å². The Morgan fingerprint density at radius 1 is 1.13 bits per heavy atom. The van der Waals surface area contributed by atoms with Crippen molar-refractivity contribution in [1.29, 1.82) is 0 Å². The van der Waals surface area contributed by atoms with Crippen LogP contribution >= 0.6 is 22.7 Å². The molecule has 5 rings (SSSR count). The second kappa shape index (κ2) is 7.72. The molecule has 0 N–H and O–H groups in total. The van der Waals surface area contributed by atoms with Gasteiger partial charge in [0.25, 0.3) is 5.91 Å². The summed E-state index contributed by atoms with van der Waals surface area (Å²) in [5, 5.41) is 12.5. The minimum atomic E-state index is -0.514. The van der Waals surface area contributed by atoms with Crippen molar-refractivity contribution in [2.24, 2.45) is 0 Å². The van der Waals surface area contributed by atoms with E-state index in [0.717, 1.165) is 15.0 Å². The molecule has 0 bridgehead atoms. The van der Waals surface area contributed by atoms with E-state index in [2.05, 4.69) is 15.1 Å². The van der Waals surface area contributed by atoms with Crippen LogP contribution in [0.5, 0.6) is 5.75 Å². The summed E-state index contributed by atoms with van der Waals surface area (Å²) in [6, 6.07) is 9.22. The summed E-state index contributed by atoms with van der Waals surface area (Å²) in [7, 11) is 0. The Bertz CT molecular complexity index is 1130. The highest BCUT2D eigenvalue weighted by atomic mass is 32.1. The largest absolute Gasteiger partial charge is 0.487 e. The molecular weight excluding hydrogens is 432 g/mol. The number of ether oxygens (including phenoxy) is 1. The molecule has 0 spiro atoms. The summed E-state index contributed by atoms with van der Waals surface area (Å²) in [4.78, 5) is 30.7. The first-order valence-corrected chi connectivity index (χ1v) is 11.9. The lowest BCUT2D eigenvalue weighted by molar-refractivity contribution is 0.0619. The zero-order valence-electron chi connectivity index (χ0n) is 17.3. The number of Topliss-reactive ketones (excluding diaryl/α,β-unsaturated/α-hetero) is 1. The molecule has 0 unspecified atom stereocenters. The van der Waals surface area contributed by atoms with Crippen LogP contribution in [0.4, 0.5) is 5.13 Å². The molecule has 9 heteroatoms. The summed E-state index contributed by atoms with van der Waals surface area (Å²) >= 11 is 3.23. The van der Waals surface area contributed by atoms with Gasteiger partial charge in [0.2, 0.25) is 5.13 Å². The predicted octanol–water partition coefficient (Wildman–Crippen LogP) is 3.97. The van der Waals surface area contributed by atoms with Crippen molar-refractivity contribution in [2.75, 3.05) is 31.1 Å². The first-order chi connectivity index (χ1) is 14.9. The lowest BCUT2D eigenvalue weighted by Crippen LogP contribution is -2.48. The third-order valence-electron chi connectivity index (χ3n) is 5.48. The number of fused-ring (bicyclic) bond motifs is 1. The van der Waals surface area contributed by atoms with Crippen molar-refractivity contribution >= 4 is 39.5 Å². The quantitative estimate of drug-likeness (QED) is 0.596.